The molecule has 0 saturated carbocycles. The Labute approximate surface area is 210 Å². The molecule has 0 radical (unpaired) electrons. The molecule has 4 rings (SSSR count). The van der Waals surface area contributed by atoms with Crippen LogP contribution in [0.15, 0.2) is 108 Å². The van der Waals surface area contributed by atoms with E-state index in [1.165, 1.54) is 47.8 Å². The van der Waals surface area contributed by atoms with Gasteiger partial charge in [-0.2, -0.15) is 4.31 Å². The molecule has 0 aromatic heterocycles. The number of benzene rings is 4. The highest BCUT2D eigenvalue weighted by Gasteiger charge is 2.26. The molecule has 0 saturated heterocycles. The third-order valence-electron chi connectivity index (χ3n) is 5.58. The number of amides is 1. The van der Waals surface area contributed by atoms with Crippen molar-refractivity contribution in [2.75, 3.05) is 12.4 Å². The van der Waals surface area contributed by atoms with E-state index in [-0.39, 0.29) is 35.0 Å². The summed E-state index contributed by atoms with van der Waals surface area (Å²) in [6, 6.07) is 28.4. The number of hydrogen-bond acceptors (Lipinski definition) is 4. The van der Waals surface area contributed by atoms with E-state index in [9.17, 15) is 17.6 Å². The highest BCUT2D eigenvalue weighted by Crippen LogP contribution is 2.31. The molecule has 0 aliphatic rings. The number of sulfonamides is 1. The predicted octanol–water partition coefficient (Wildman–Crippen LogP) is 5.48. The second-order valence-electron chi connectivity index (χ2n) is 8.04. The van der Waals surface area contributed by atoms with Gasteiger partial charge < -0.3 is 10.1 Å². The van der Waals surface area contributed by atoms with E-state index in [0.29, 0.717) is 0 Å². The average molecular weight is 505 g/mol. The highest BCUT2D eigenvalue weighted by molar-refractivity contribution is 7.89. The zero-order valence-electron chi connectivity index (χ0n) is 19.6. The molecule has 0 atom stereocenters. The van der Waals surface area contributed by atoms with Crippen molar-refractivity contribution in [2.24, 2.45) is 0 Å². The van der Waals surface area contributed by atoms with Gasteiger partial charge in [0.05, 0.1) is 23.3 Å². The van der Waals surface area contributed by atoms with Crippen LogP contribution in [-0.4, -0.2) is 25.7 Å². The molecule has 8 heteroatoms. The van der Waals surface area contributed by atoms with E-state index in [2.05, 4.69) is 5.32 Å². The normalized spacial score (nSPS) is 11.3. The van der Waals surface area contributed by atoms with Crippen molar-refractivity contribution in [1.82, 2.24) is 4.31 Å². The SMILES string of the molecule is COc1ccc(S(=O)(=O)N(Cc2ccccc2)Cc2ccccc2)cc1NC(=O)c1ccccc1F. The molecule has 0 spiro atoms. The van der Waals surface area contributed by atoms with Crippen LogP contribution in [0.25, 0.3) is 0 Å². The molecule has 6 nitrogen and oxygen atoms in total. The number of methoxy groups -OCH3 is 1. The maximum absolute atomic E-state index is 14.1. The van der Waals surface area contributed by atoms with Crippen molar-refractivity contribution in [3.05, 3.63) is 126 Å². The van der Waals surface area contributed by atoms with Gasteiger partial charge in [0.1, 0.15) is 11.6 Å². The summed E-state index contributed by atoms with van der Waals surface area (Å²) in [5.41, 5.74) is 1.62. The van der Waals surface area contributed by atoms with Crippen molar-refractivity contribution < 1.29 is 22.3 Å². The van der Waals surface area contributed by atoms with Gasteiger partial charge in [-0.1, -0.05) is 72.8 Å². The van der Waals surface area contributed by atoms with Crippen molar-refractivity contribution in [2.45, 2.75) is 18.0 Å². The van der Waals surface area contributed by atoms with E-state index in [0.717, 1.165) is 11.1 Å². The first-order chi connectivity index (χ1) is 17.4. The van der Waals surface area contributed by atoms with E-state index in [1.807, 2.05) is 60.7 Å². The topological polar surface area (TPSA) is 75.7 Å². The number of anilines is 1. The fraction of sp³-hybridized carbons (Fsp3) is 0.107. The lowest BCUT2D eigenvalue weighted by atomic mass is 10.2. The van der Waals surface area contributed by atoms with Gasteiger partial charge >= 0.3 is 0 Å². The van der Waals surface area contributed by atoms with E-state index >= 15 is 0 Å². The number of nitrogens with zero attached hydrogens (tertiary/aromatic N) is 1. The van der Waals surface area contributed by atoms with Crippen molar-refractivity contribution in [3.8, 4) is 5.75 Å². The first-order valence-electron chi connectivity index (χ1n) is 11.2. The summed E-state index contributed by atoms with van der Waals surface area (Å²) in [7, 11) is -2.60. The Hall–Kier alpha value is -4.01. The van der Waals surface area contributed by atoms with Crippen LogP contribution in [0.2, 0.25) is 0 Å². The molecule has 36 heavy (non-hydrogen) atoms. The standard InChI is InChI=1S/C28H25FN2O4S/c1-35-27-17-16-23(18-26(27)30-28(32)24-14-8-9-15-25(24)29)36(33,34)31(19-21-10-4-2-5-11-21)20-22-12-6-3-7-13-22/h2-18H,19-20H2,1H3,(H,30,32). The summed E-state index contributed by atoms with van der Waals surface area (Å²) in [6.45, 7) is 0.308. The van der Waals surface area contributed by atoms with Crippen LogP contribution in [0.5, 0.6) is 5.75 Å². The Kier molecular flexibility index (Phi) is 7.77. The lowest BCUT2D eigenvalue weighted by Crippen LogP contribution is -2.30. The lowest BCUT2D eigenvalue weighted by molar-refractivity contribution is 0.102. The molecule has 0 bridgehead atoms. The van der Waals surface area contributed by atoms with Gasteiger partial charge in [0, 0.05) is 13.1 Å². The van der Waals surface area contributed by atoms with E-state index < -0.39 is 21.7 Å². The summed E-state index contributed by atoms with van der Waals surface area (Å²) in [4.78, 5) is 12.7. The summed E-state index contributed by atoms with van der Waals surface area (Å²) < 4.78 is 48.4. The molecular formula is C28H25FN2O4S. The predicted molar refractivity (Wildman–Crippen MR) is 137 cm³/mol. The van der Waals surface area contributed by atoms with Crippen molar-refractivity contribution in [1.29, 1.82) is 0 Å². The monoisotopic (exact) mass is 504 g/mol. The van der Waals surface area contributed by atoms with Crippen LogP contribution >= 0.6 is 0 Å². The molecule has 184 valence electrons. The number of hydrogen-bond donors (Lipinski definition) is 1. The number of carbonyl (C=O) groups excluding carboxylic acids is 1. The van der Waals surface area contributed by atoms with Gasteiger partial charge in [-0.3, -0.25) is 4.79 Å². The molecule has 0 unspecified atom stereocenters. The van der Waals surface area contributed by atoms with Crippen LogP contribution in [0, 0.1) is 5.82 Å². The summed E-state index contributed by atoms with van der Waals surface area (Å²) >= 11 is 0. The van der Waals surface area contributed by atoms with Crippen molar-refractivity contribution >= 4 is 21.6 Å². The second kappa shape index (κ2) is 11.2. The van der Waals surface area contributed by atoms with Crippen LogP contribution in [0.1, 0.15) is 21.5 Å². The third-order valence-corrected chi connectivity index (χ3v) is 7.37. The minimum atomic E-state index is -4.00. The van der Waals surface area contributed by atoms with E-state index in [1.54, 1.807) is 6.07 Å². The molecule has 0 aliphatic heterocycles. The Balaban J connectivity index is 1.70. The van der Waals surface area contributed by atoms with Gasteiger partial charge in [-0.05, 0) is 41.5 Å². The summed E-state index contributed by atoms with van der Waals surface area (Å²) in [5, 5.41) is 2.58. The van der Waals surface area contributed by atoms with Gasteiger partial charge in [-0.15, -0.1) is 0 Å². The van der Waals surface area contributed by atoms with Crippen LogP contribution < -0.4 is 10.1 Å². The molecule has 0 aliphatic carbocycles. The molecule has 4 aromatic carbocycles. The zero-order valence-corrected chi connectivity index (χ0v) is 20.4. The summed E-state index contributed by atoms with van der Waals surface area (Å²) in [5.74, 6) is -1.16. The number of nitrogens with one attached hydrogen (secondary N) is 1. The first-order valence-corrected chi connectivity index (χ1v) is 12.6. The minimum Gasteiger partial charge on any atom is -0.495 e. The van der Waals surface area contributed by atoms with Gasteiger partial charge in [-0.25, -0.2) is 12.8 Å². The maximum atomic E-state index is 14.1. The second-order valence-corrected chi connectivity index (χ2v) is 9.98. The smallest absolute Gasteiger partial charge is 0.258 e. The largest absolute Gasteiger partial charge is 0.495 e. The van der Waals surface area contributed by atoms with Gasteiger partial charge in [0.15, 0.2) is 0 Å². The third kappa shape index (κ3) is 5.79. The van der Waals surface area contributed by atoms with Crippen molar-refractivity contribution in [3.63, 3.8) is 0 Å². The molecule has 1 N–H and O–H groups in total. The number of halogens is 1. The number of carbonyl (C=O) groups is 1. The molecular weight excluding hydrogens is 479 g/mol. The Bertz CT molecular complexity index is 1400. The van der Waals surface area contributed by atoms with Crippen LogP contribution in [-0.2, 0) is 23.1 Å². The first kappa shape index (κ1) is 25.1. The average Bonchev–Trinajstić information content (AvgIpc) is 2.89. The van der Waals surface area contributed by atoms with Gasteiger partial charge in [0.2, 0.25) is 10.0 Å². The molecule has 0 heterocycles. The fourth-order valence-electron chi connectivity index (χ4n) is 3.73. The minimum absolute atomic E-state index is 0.0287. The summed E-state index contributed by atoms with van der Waals surface area (Å²) in [6.07, 6.45) is 0. The quantitative estimate of drug-likeness (QED) is 0.328. The highest BCUT2D eigenvalue weighted by atomic mass is 32.2. The molecule has 0 fully saturated rings. The van der Waals surface area contributed by atoms with Gasteiger partial charge in [0.25, 0.3) is 5.91 Å². The Morgan fingerprint density at radius 1 is 0.833 bits per heavy atom. The van der Waals surface area contributed by atoms with Crippen LogP contribution in [0.4, 0.5) is 10.1 Å². The molecule has 4 aromatic rings. The molecule has 1 amide bonds. The van der Waals surface area contributed by atoms with E-state index in [4.69, 9.17) is 4.74 Å². The Morgan fingerprint density at radius 2 is 1.39 bits per heavy atom. The fourth-order valence-corrected chi connectivity index (χ4v) is 5.17. The number of ether oxygens (including phenoxy) is 1. The number of rotatable bonds is 9. The zero-order chi connectivity index (χ0) is 25.5. The Morgan fingerprint density at radius 3 is 1.94 bits per heavy atom. The maximum Gasteiger partial charge on any atom is 0.258 e. The van der Waals surface area contributed by atoms with Crippen LogP contribution in [0.3, 0.4) is 0 Å². The lowest BCUT2D eigenvalue weighted by Gasteiger charge is -2.23.